The maximum absolute atomic E-state index is 13.8. The molecule has 0 radical (unpaired) electrons. The van der Waals surface area contributed by atoms with Gasteiger partial charge in [0.05, 0.1) is 16.8 Å². The summed E-state index contributed by atoms with van der Waals surface area (Å²) in [7, 11) is 0. The van der Waals surface area contributed by atoms with Crippen molar-refractivity contribution in [3.8, 4) is 0 Å². The molecule has 2 aromatic carbocycles. The fourth-order valence-electron chi connectivity index (χ4n) is 5.60. The van der Waals surface area contributed by atoms with Gasteiger partial charge in [0.1, 0.15) is 12.2 Å². The predicted octanol–water partition coefficient (Wildman–Crippen LogP) is 8.07. The van der Waals surface area contributed by atoms with Gasteiger partial charge in [-0.15, -0.1) is 11.3 Å². The Kier molecular flexibility index (Phi) is 6.65. The van der Waals surface area contributed by atoms with Gasteiger partial charge in [0.2, 0.25) is 0 Å². The van der Waals surface area contributed by atoms with E-state index in [4.69, 9.17) is 14.1 Å². The summed E-state index contributed by atoms with van der Waals surface area (Å²) in [6, 6.07) is 17.2. The maximum Gasteiger partial charge on any atom is 0.339 e. The first-order valence-corrected chi connectivity index (χ1v) is 14.2. The largest absolute Gasteiger partial charge is 0.457 e. The van der Waals surface area contributed by atoms with Gasteiger partial charge in [-0.1, -0.05) is 38.1 Å². The van der Waals surface area contributed by atoms with Gasteiger partial charge in [-0.2, -0.15) is 0 Å². The first-order chi connectivity index (χ1) is 18.9. The molecule has 39 heavy (non-hydrogen) atoms. The number of hydrogen-bond donors (Lipinski definition) is 0. The van der Waals surface area contributed by atoms with E-state index in [2.05, 4.69) is 31.4 Å². The van der Waals surface area contributed by atoms with Crippen LogP contribution in [0.25, 0.3) is 33.5 Å². The summed E-state index contributed by atoms with van der Waals surface area (Å²) in [6.07, 6.45) is 4.79. The molecule has 0 atom stereocenters. The number of esters is 1. The van der Waals surface area contributed by atoms with Crippen molar-refractivity contribution in [2.24, 2.45) is 0 Å². The van der Waals surface area contributed by atoms with Gasteiger partial charge in [-0.3, -0.25) is 0 Å². The van der Waals surface area contributed by atoms with Crippen molar-refractivity contribution in [2.75, 3.05) is 0 Å². The molecule has 3 aromatic heterocycles. The molecule has 0 aliphatic heterocycles. The van der Waals surface area contributed by atoms with E-state index in [0.29, 0.717) is 22.6 Å². The number of pyridine rings is 1. The summed E-state index contributed by atoms with van der Waals surface area (Å²) >= 11 is 1.69. The number of carbonyl (C=O) groups excluding carboxylic acids is 1. The van der Waals surface area contributed by atoms with E-state index in [9.17, 15) is 9.59 Å². The Morgan fingerprint density at radius 3 is 2.74 bits per heavy atom. The van der Waals surface area contributed by atoms with Crippen molar-refractivity contribution in [2.45, 2.75) is 52.6 Å². The monoisotopic (exact) mass is 535 g/mol. The molecule has 0 amide bonds. The molecule has 5 nitrogen and oxygen atoms in total. The highest BCUT2D eigenvalue weighted by atomic mass is 32.1. The molecule has 5 aromatic rings. The number of aromatic nitrogens is 1. The Labute approximate surface area is 230 Å². The van der Waals surface area contributed by atoms with Crippen LogP contribution in [0.1, 0.15) is 75.8 Å². The average molecular weight is 536 g/mol. The second kappa shape index (κ2) is 10.3. The third-order valence-electron chi connectivity index (χ3n) is 7.43. The number of rotatable bonds is 5. The van der Waals surface area contributed by atoms with Crippen LogP contribution in [-0.4, -0.2) is 11.0 Å². The second-order valence-electron chi connectivity index (χ2n) is 10.4. The van der Waals surface area contributed by atoms with Crippen LogP contribution in [0.15, 0.2) is 69.2 Å². The molecular formula is C33H29NO4S. The summed E-state index contributed by atoms with van der Waals surface area (Å²) in [5.74, 6) is -0.0947. The number of para-hydroxylation sites is 1. The van der Waals surface area contributed by atoms with Gasteiger partial charge in [0, 0.05) is 27.3 Å². The van der Waals surface area contributed by atoms with Crippen LogP contribution in [0, 0.1) is 6.92 Å². The third-order valence-corrected chi connectivity index (χ3v) is 8.25. The molecule has 0 N–H and O–H groups in total. The number of ether oxygens (including phenoxy) is 1. The lowest BCUT2D eigenvalue weighted by atomic mass is 9.86. The van der Waals surface area contributed by atoms with Crippen molar-refractivity contribution >= 4 is 50.8 Å². The summed E-state index contributed by atoms with van der Waals surface area (Å²) in [5.41, 5.74) is 7.21. The lowest BCUT2D eigenvalue weighted by Crippen LogP contribution is -2.16. The van der Waals surface area contributed by atoms with Gasteiger partial charge in [-0.25, -0.2) is 14.6 Å². The fourth-order valence-corrected chi connectivity index (χ4v) is 6.28. The van der Waals surface area contributed by atoms with Crippen molar-refractivity contribution in [1.29, 1.82) is 0 Å². The second-order valence-corrected chi connectivity index (χ2v) is 11.4. The first-order valence-electron chi connectivity index (χ1n) is 13.3. The van der Waals surface area contributed by atoms with Gasteiger partial charge < -0.3 is 9.15 Å². The smallest absolute Gasteiger partial charge is 0.339 e. The molecule has 0 fully saturated rings. The number of hydrogen-bond acceptors (Lipinski definition) is 6. The van der Waals surface area contributed by atoms with Crippen molar-refractivity contribution < 1.29 is 13.9 Å². The zero-order valence-electron chi connectivity index (χ0n) is 22.2. The SMILES string of the molecule is Cc1cc2oc(=O)cc(COC(=O)c3c4c(nc5ccccc35)/C(=C\c3cccs3)CCC4)c2cc1C(C)C. The number of benzene rings is 2. The lowest BCUT2D eigenvalue weighted by molar-refractivity contribution is 0.0474. The van der Waals surface area contributed by atoms with Crippen LogP contribution < -0.4 is 5.63 Å². The highest BCUT2D eigenvalue weighted by Crippen LogP contribution is 2.37. The van der Waals surface area contributed by atoms with Crippen LogP contribution in [0.5, 0.6) is 0 Å². The van der Waals surface area contributed by atoms with Crippen LogP contribution in [-0.2, 0) is 17.8 Å². The van der Waals surface area contributed by atoms with E-state index in [1.54, 1.807) is 11.3 Å². The molecule has 196 valence electrons. The number of carbonyl (C=O) groups is 1. The molecule has 3 heterocycles. The van der Waals surface area contributed by atoms with Crippen molar-refractivity contribution in [3.05, 3.63) is 109 Å². The average Bonchev–Trinajstić information content (AvgIpc) is 3.43. The highest BCUT2D eigenvalue weighted by molar-refractivity contribution is 7.10. The minimum absolute atomic E-state index is 0.0230. The molecule has 0 saturated heterocycles. The summed E-state index contributed by atoms with van der Waals surface area (Å²) in [4.78, 5) is 32.3. The highest BCUT2D eigenvalue weighted by Gasteiger charge is 2.26. The minimum atomic E-state index is -0.458. The van der Waals surface area contributed by atoms with E-state index in [1.165, 1.54) is 16.5 Å². The van der Waals surface area contributed by atoms with Gasteiger partial charge in [0.25, 0.3) is 0 Å². The van der Waals surface area contributed by atoms with Crippen LogP contribution >= 0.6 is 11.3 Å². The van der Waals surface area contributed by atoms with E-state index in [-0.39, 0.29) is 6.61 Å². The molecular weight excluding hydrogens is 506 g/mol. The standard InChI is InChI=1S/C33H29NO4S/c1-19(2)26-17-27-22(16-30(35)38-29(27)14-20(26)3)18-37-33(36)31-24-10-4-5-12-28(24)34-32-21(8-6-11-25(31)32)15-23-9-7-13-39-23/h4-5,7,9-10,12-17,19H,6,8,11,18H2,1-3H3/b21-15-. The van der Waals surface area contributed by atoms with Crippen molar-refractivity contribution in [3.63, 3.8) is 0 Å². The van der Waals surface area contributed by atoms with E-state index in [1.807, 2.05) is 49.4 Å². The van der Waals surface area contributed by atoms with Gasteiger partial charge in [0.15, 0.2) is 0 Å². The quantitative estimate of drug-likeness (QED) is 0.168. The number of thiophene rings is 1. The molecule has 0 unspecified atom stereocenters. The summed E-state index contributed by atoms with van der Waals surface area (Å²) in [5, 5.41) is 3.64. The molecule has 0 spiro atoms. The Morgan fingerprint density at radius 2 is 1.95 bits per heavy atom. The molecule has 6 heteroatoms. The fraction of sp³-hybridized carbons (Fsp3) is 0.242. The molecule has 1 aliphatic carbocycles. The predicted molar refractivity (Wildman–Crippen MR) is 157 cm³/mol. The first kappa shape index (κ1) is 25.3. The third kappa shape index (κ3) is 4.81. The minimum Gasteiger partial charge on any atom is -0.457 e. The number of fused-ring (bicyclic) bond motifs is 3. The summed E-state index contributed by atoms with van der Waals surface area (Å²) in [6.45, 7) is 6.25. The molecule has 6 rings (SSSR count). The number of nitrogens with zero attached hydrogens (tertiary/aromatic N) is 1. The molecule has 1 aliphatic rings. The van der Waals surface area contributed by atoms with Gasteiger partial charge >= 0.3 is 11.6 Å². The van der Waals surface area contributed by atoms with E-state index in [0.717, 1.165) is 57.9 Å². The Hall–Kier alpha value is -4.03. The Bertz CT molecular complexity index is 1810. The number of aryl methyl sites for hydroxylation is 1. The lowest BCUT2D eigenvalue weighted by Gasteiger charge is -2.22. The van der Waals surface area contributed by atoms with Crippen LogP contribution in [0.2, 0.25) is 0 Å². The summed E-state index contributed by atoms with van der Waals surface area (Å²) < 4.78 is 11.4. The Balaban J connectivity index is 1.42. The van der Waals surface area contributed by atoms with Crippen LogP contribution in [0.3, 0.4) is 0 Å². The Morgan fingerprint density at radius 1 is 1.10 bits per heavy atom. The van der Waals surface area contributed by atoms with Crippen molar-refractivity contribution in [1.82, 2.24) is 4.98 Å². The van der Waals surface area contributed by atoms with E-state index >= 15 is 0 Å². The van der Waals surface area contributed by atoms with Gasteiger partial charge in [-0.05, 0) is 90.1 Å². The zero-order valence-corrected chi connectivity index (χ0v) is 23.1. The normalized spacial score (nSPS) is 14.3. The molecule has 0 bridgehead atoms. The topological polar surface area (TPSA) is 69.4 Å². The maximum atomic E-state index is 13.8. The number of allylic oxidation sites excluding steroid dienone is 1. The van der Waals surface area contributed by atoms with Crippen LogP contribution in [0.4, 0.5) is 0 Å². The van der Waals surface area contributed by atoms with E-state index < -0.39 is 11.6 Å². The molecule has 0 saturated carbocycles. The zero-order chi connectivity index (χ0) is 27.1.